The van der Waals surface area contributed by atoms with Crippen LogP contribution >= 0.6 is 0 Å². The van der Waals surface area contributed by atoms with Gasteiger partial charge in [0.1, 0.15) is 28.4 Å². The summed E-state index contributed by atoms with van der Waals surface area (Å²) in [5, 5.41) is 21.4. The maximum atomic E-state index is 14.7. The smallest absolute Gasteiger partial charge is 0.330 e. The maximum absolute atomic E-state index is 14.7. The maximum Gasteiger partial charge on any atom is 0.330 e. The Bertz CT molecular complexity index is 1730. The molecule has 2 N–H and O–H groups in total. The van der Waals surface area contributed by atoms with E-state index in [2.05, 4.69) is 19.9 Å². The predicted octanol–water partition coefficient (Wildman–Crippen LogP) is 7.24. The van der Waals surface area contributed by atoms with Crippen molar-refractivity contribution >= 4 is 23.6 Å². The van der Waals surface area contributed by atoms with Crippen molar-refractivity contribution in [2.75, 3.05) is 0 Å². The lowest BCUT2D eigenvalue weighted by molar-refractivity contribution is -0.171. The molecule has 8 heteroatoms. The molecule has 2 fully saturated rings. The Morgan fingerprint density at radius 1 is 1.00 bits per heavy atom. The Kier molecular flexibility index (Phi) is 7.36. The molecule has 1 saturated heterocycles. The molecule has 46 heavy (non-hydrogen) atoms. The summed E-state index contributed by atoms with van der Waals surface area (Å²) in [4.78, 5) is 40.8. The number of Topliss-reactive ketones (excluding diaryl/α,β-unsaturated/α-hetero) is 2. The average molecular weight is 629 g/mol. The van der Waals surface area contributed by atoms with Gasteiger partial charge in [-0.25, -0.2) is 4.79 Å². The second-order valence-corrected chi connectivity index (χ2v) is 14.8. The molecular weight excluding hydrogens is 584 g/mol. The number of carbonyl (C=O) groups excluding carboxylic acids is 2. The summed E-state index contributed by atoms with van der Waals surface area (Å²) in [5.41, 5.74) is -0.952. The molecule has 1 aromatic carbocycles. The first-order valence-corrected chi connectivity index (χ1v) is 16.2. The Morgan fingerprint density at radius 3 is 2.35 bits per heavy atom. The average Bonchev–Trinajstić information content (AvgIpc) is 3.12. The molecule has 244 valence electrons. The zero-order valence-corrected chi connectivity index (χ0v) is 28.0. The van der Waals surface area contributed by atoms with E-state index in [1.165, 1.54) is 18.6 Å². The minimum absolute atomic E-state index is 0.0544. The van der Waals surface area contributed by atoms with E-state index in [1.54, 1.807) is 6.08 Å². The van der Waals surface area contributed by atoms with E-state index in [4.69, 9.17) is 14.2 Å². The Morgan fingerprint density at radius 2 is 1.70 bits per heavy atom. The summed E-state index contributed by atoms with van der Waals surface area (Å²) in [6.07, 6.45) is 13.4. The molecular formula is C38H44O8. The van der Waals surface area contributed by atoms with Crippen LogP contribution in [0.5, 0.6) is 17.2 Å². The number of hydrogen-bond donors (Lipinski definition) is 2. The van der Waals surface area contributed by atoms with Crippen LogP contribution < -0.4 is 9.47 Å². The number of carbonyl (C=O) groups is 3. The standard InChI is InChI=1S/C38H44O8/c1-20(2)10-9-15-36(8)16-14-24-29(39)28-30(40)26-18-23-19-27-35(6,7)46-37(33(23)41,17-13-22(5)34(42)43)38(26,27)45-32(28)25(31(24)44-36)12-11-21(3)4/h10-11,13-14,16,18,23,27,39H,9,12,15,17,19H2,1-8H3,(H,42,43)/b22-13-/t23-,27?,36+,37-,38?/m0/s1. The van der Waals surface area contributed by atoms with Crippen LogP contribution in [-0.4, -0.2) is 50.2 Å². The Hall–Kier alpha value is -3.91. The van der Waals surface area contributed by atoms with Gasteiger partial charge in [0, 0.05) is 35.0 Å². The third kappa shape index (κ3) is 4.47. The van der Waals surface area contributed by atoms with Crippen LogP contribution in [0.2, 0.25) is 0 Å². The third-order valence-electron chi connectivity index (χ3n) is 10.5. The van der Waals surface area contributed by atoms with Crippen LogP contribution in [0.4, 0.5) is 0 Å². The highest BCUT2D eigenvalue weighted by molar-refractivity contribution is 6.19. The molecule has 6 aliphatic rings. The number of rotatable bonds is 8. The number of phenols is 1. The second-order valence-electron chi connectivity index (χ2n) is 14.8. The highest BCUT2D eigenvalue weighted by Gasteiger charge is 2.81. The number of hydrogen-bond acceptors (Lipinski definition) is 7. The first-order chi connectivity index (χ1) is 21.5. The van der Waals surface area contributed by atoms with Crippen molar-refractivity contribution in [2.24, 2.45) is 11.8 Å². The quantitative estimate of drug-likeness (QED) is 0.228. The highest BCUT2D eigenvalue weighted by Crippen LogP contribution is 2.68. The van der Waals surface area contributed by atoms with Gasteiger partial charge in [-0.1, -0.05) is 35.5 Å². The molecule has 3 aliphatic heterocycles. The third-order valence-corrected chi connectivity index (χ3v) is 10.5. The van der Waals surface area contributed by atoms with Crippen molar-refractivity contribution in [3.8, 4) is 17.2 Å². The number of ether oxygens (including phenoxy) is 3. The summed E-state index contributed by atoms with van der Waals surface area (Å²) in [6.45, 7) is 15.4. The van der Waals surface area contributed by atoms with Gasteiger partial charge in [-0.2, -0.15) is 0 Å². The number of allylic oxidation sites excluding steroid dienone is 5. The number of carboxylic acid groups (broad SMARTS) is 1. The predicted molar refractivity (Wildman–Crippen MR) is 174 cm³/mol. The van der Waals surface area contributed by atoms with Gasteiger partial charge < -0.3 is 24.4 Å². The molecule has 1 spiro atoms. The molecule has 7 rings (SSSR count). The summed E-state index contributed by atoms with van der Waals surface area (Å²) in [7, 11) is 0. The number of benzene rings is 1. The van der Waals surface area contributed by atoms with Crippen molar-refractivity contribution < 1.29 is 38.8 Å². The zero-order chi connectivity index (χ0) is 33.6. The molecule has 1 saturated carbocycles. The van der Waals surface area contributed by atoms with E-state index in [0.717, 1.165) is 12.0 Å². The highest BCUT2D eigenvalue weighted by atomic mass is 16.6. The van der Waals surface area contributed by atoms with E-state index in [1.807, 2.05) is 52.8 Å². The first kappa shape index (κ1) is 32.0. The molecule has 8 nitrogen and oxygen atoms in total. The van der Waals surface area contributed by atoms with E-state index in [0.29, 0.717) is 41.7 Å². The number of ketones is 2. The number of aliphatic carboxylic acids is 1. The molecule has 5 atom stereocenters. The molecule has 0 aromatic heterocycles. The van der Waals surface area contributed by atoms with Crippen LogP contribution in [0.3, 0.4) is 0 Å². The summed E-state index contributed by atoms with van der Waals surface area (Å²) in [6, 6.07) is 0. The summed E-state index contributed by atoms with van der Waals surface area (Å²) < 4.78 is 20.6. The van der Waals surface area contributed by atoms with Gasteiger partial charge in [-0.15, -0.1) is 0 Å². The lowest BCUT2D eigenvalue weighted by atomic mass is 9.51. The van der Waals surface area contributed by atoms with Gasteiger partial charge in [-0.05, 0) is 93.2 Å². The molecule has 0 amide bonds. The van der Waals surface area contributed by atoms with Crippen LogP contribution in [0.1, 0.15) is 103 Å². The number of carboxylic acids is 1. The van der Waals surface area contributed by atoms with Gasteiger partial charge in [0.15, 0.2) is 22.8 Å². The van der Waals surface area contributed by atoms with E-state index in [-0.39, 0.29) is 40.8 Å². The molecule has 3 aliphatic carbocycles. The lowest BCUT2D eigenvalue weighted by Crippen LogP contribution is -2.72. The van der Waals surface area contributed by atoms with Crippen LogP contribution in [-0.2, 0) is 20.7 Å². The minimum atomic E-state index is -1.63. The summed E-state index contributed by atoms with van der Waals surface area (Å²) >= 11 is 0. The van der Waals surface area contributed by atoms with E-state index >= 15 is 0 Å². The van der Waals surface area contributed by atoms with Crippen molar-refractivity contribution in [3.05, 3.63) is 69.4 Å². The van der Waals surface area contributed by atoms with Gasteiger partial charge in [0.05, 0.1) is 11.2 Å². The van der Waals surface area contributed by atoms with E-state index < -0.39 is 40.1 Å². The number of fused-ring (bicyclic) bond motifs is 2. The molecule has 0 radical (unpaired) electrons. The van der Waals surface area contributed by atoms with Crippen LogP contribution in [0, 0.1) is 11.8 Å². The molecule has 1 aromatic rings. The van der Waals surface area contributed by atoms with Crippen LogP contribution in [0.25, 0.3) is 6.08 Å². The van der Waals surface area contributed by atoms with Gasteiger partial charge in [0.25, 0.3) is 0 Å². The number of phenolic OH excluding ortho intramolecular Hbond substituents is 1. The normalized spacial score (nSPS) is 31.2. The zero-order valence-electron chi connectivity index (χ0n) is 28.0. The molecule has 3 heterocycles. The topological polar surface area (TPSA) is 119 Å². The minimum Gasteiger partial charge on any atom is -0.506 e. The van der Waals surface area contributed by atoms with Crippen molar-refractivity contribution in [1.82, 2.24) is 0 Å². The Balaban J connectivity index is 1.59. The molecule has 2 unspecified atom stereocenters. The largest absolute Gasteiger partial charge is 0.506 e. The SMILES string of the molecule is CC(C)=CCC[C@]1(C)C=Cc2c(O)c3c(c(CC=C(C)C)c2O1)OC12C(=C[C@H]4CC1C(C)(C)O[C@@]2(C/C=C(/C)C(=O)O)C4=O)C3=O. The second kappa shape index (κ2) is 10.6. The summed E-state index contributed by atoms with van der Waals surface area (Å²) in [5.74, 6) is -2.28. The van der Waals surface area contributed by atoms with Gasteiger partial charge >= 0.3 is 5.97 Å². The fourth-order valence-corrected chi connectivity index (χ4v) is 8.17. The molecule has 4 bridgehead atoms. The van der Waals surface area contributed by atoms with Gasteiger partial charge in [-0.3, -0.25) is 9.59 Å². The van der Waals surface area contributed by atoms with Gasteiger partial charge in [0.2, 0.25) is 0 Å². The van der Waals surface area contributed by atoms with Crippen molar-refractivity contribution in [3.63, 3.8) is 0 Å². The number of aromatic hydroxyl groups is 1. The Labute approximate surface area is 270 Å². The monoisotopic (exact) mass is 628 g/mol. The lowest BCUT2D eigenvalue weighted by Gasteiger charge is -2.56. The fourth-order valence-electron chi connectivity index (χ4n) is 8.17. The fraction of sp³-hybridized carbons (Fsp3) is 0.500. The van der Waals surface area contributed by atoms with Crippen LogP contribution in [0.15, 0.2) is 52.7 Å². The van der Waals surface area contributed by atoms with Crippen molar-refractivity contribution in [1.29, 1.82) is 0 Å². The van der Waals surface area contributed by atoms with E-state index in [9.17, 15) is 24.6 Å². The van der Waals surface area contributed by atoms with Crippen molar-refractivity contribution in [2.45, 2.75) is 110 Å². The first-order valence-electron chi connectivity index (χ1n) is 16.2.